The molecule has 0 amide bonds. The molecule has 178 valence electrons. The number of fused-ring (bicyclic) bond motifs is 4. The van der Waals surface area contributed by atoms with Gasteiger partial charge in [-0.2, -0.15) is 0 Å². The van der Waals surface area contributed by atoms with Crippen molar-refractivity contribution >= 4 is 16.9 Å². The minimum Gasteiger partial charge on any atom is -0.465 e. The highest BCUT2D eigenvalue weighted by Crippen LogP contribution is 2.55. The number of hydrogen-bond acceptors (Lipinski definition) is 4. The Labute approximate surface area is 201 Å². The Hall–Kier alpha value is -2.63. The number of rotatable bonds is 7. The zero-order valence-electron chi connectivity index (χ0n) is 20.0. The monoisotopic (exact) mass is 458 g/mol. The molecular formula is C29H34N2O3. The van der Waals surface area contributed by atoms with Crippen LogP contribution in [-0.2, 0) is 32.7 Å². The normalized spacial score (nSPS) is 29.6. The van der Waals surface area contributed by atoms with Gasteiger partial charge in [0.25, 0.3) is 0 Å². The Bertz CT molecular complexity index is 1170. The summed E-state index contributed by atoms with van der Waals surface area (Å²) in [5.41, 5.74) is 4.16. The van der Waals surface area contributed by atoms with E-state index in [1.54, 1.807) is 0 Å². The number of para-hydroxylation sites is 1. The van der Waals surface area contributed by atoms with Gasteiger partial charge in [0.1, 0.15) is 5.41 Å². The number of esters is 1. The quantitative estimate of drug-likeness (QED) is 0.407. The van der Waals surface area contributed by atoms with Gasteiger partial charge < -0.3 is 14.5 Å². The molecule has 0 spiro atoms. The molecular weight excluding hydrogens is 424 g/mol. The lowest BCUT2D eigenvalue weighted by atomic mass is 9.56. The Morgan fingerprint density at radius 2 is 1.97 bits per heavy atom. The molecule has 4 bridgehead atoms. The second-order valence-corrected chi connectivity index (χ2v) is 10.3. The first-order chi connectivity index (χ1) is 16.7. The molecule has 2 aromatic carbocycles. The van der Waals surface area contributed by atoms with E-state index in [0.717, 1.165) is 50.2 Å². The molecule has 5 atom stereocenters. The van der Waals surface area contributed by atoms with Gasteiger partial charge in [0, 0.05) is 42.3 Å². The van der Waals surface area contributed by atoms with Crippen molar-refractivity contribution in [2.45, 2.75) is 50.7 Å². The van der Waals surface area contributed by atoms with Gasteiger partial charge in [-0.15, -0.1) is 0 Å². The molecule has 3 fully saturated rings. The zero-order chi connectivity index (χ0) is 23.1. The van der Waals surface area contributed by atoms with Gasteiger partial charge in [-0.25, -0.2) is 0 Å². The van der Waals surface area contributed by atoms with Gasteiger partial charge in [-0.05, 0) is 61.6 Å². The molecule has 1 N–H and O–H groups in total. The van der Waals surface area contributed by atoms with Gasteiger partial charge in [-0.1, -0.05) is 48.5 Å². The number of H-pyrrole nitrogens is 1. The molecule has 1 saturated carbocycles. The number of carbonyl (C=O) groups is 1. The SMILES string of the molecule is CCOC(=O)[C@@]12C[C@H]3C[C@H](CCOCc4ccccc4)[C@@H]1N(CCc1c2[nH]c2ccccc12)C3. The Balaban J connectivity index is 1.33. The fourth-order valence-corrected chi connectivity index (χ4v) is 7.23. The predicted molar refractivity (Wildman–Crippen MR) is 133 cm³/mol. The molecule has 5 heteroatoms. The van der Waals surface area contributed by atoms with Crippen LogP contribution in [0, 0.1) is 11.8 Å². The third-order valence-electron chi connectivity index (χ3n) is 8.38. The van der Waals surface area contributed by atoms with Gasteiger partial charge >= 0.3 is 5.97 Å². The van der Waals surface area contributed by atoms with Gasteiger partial charge in [0.15, 0.2) is 0 Å². The number of aromatic nitrogens is 1. The second kappa shape index (κ2) is 8.86. The van der Waals surface area contributed by atoms with Crippen molar-refractivity contribution in [3.05, 3.63) is 71.4 Å². The van der Waals surface area contributed by atoms with E-state index in [0.29, 0.717) is 25.0 Å². The number of nitrogens with one attached hydrogen (secondary N) is 1. The lowest BCUT2D eigenvalue weighted by Crippen LogP contribution is -2.67. The summed E-state index contributed by atoms with van der Waals surface area (Å²) in [4.78, 5) is 20.2. The minimum atomic E-state index is -0.619. The predicted octanol–water partition coefficient (Wildman–Crippen LogP) is 4.84. The topological polar surface area (TPSA) is 54.6 Å². The maximum absolute atomic E-state index is 13.9. The number of hydrogen-bond donors (Lipinski definition) is 1. The molecule has 1 aliphatic carbocycles. The van der Waals surface area contributed by atoms with Gasteiger partial charge in [0.05, 0.1) is 13.2 Å². The summed E-state index contributed by atoms with van der Waals surface area (Å²) in [6.07, 6.45) is 4.00. The summed E-state index contributed by atoms with van der Waals surface area (Å²) < 4.78 is 11.9. The molecule has 3 aromatic rings. The molecule has 7 rings (SSSR count). The fraction of sp³-hybridized carbons (Fsp3) is 0.483. The van der Waals surface area contributed by atoms with Crippen LogP contribution in [0.15, 0.2) is 54.6 Å². The van der Waals surface area contributed by atoms with Crippen LogP contribution in [0.3, 0.4) is 0 Å². The van der Waals surface area contributed by atoms with E-state index in [-0.39, 0.29) is 12.0 Å². The first kappa shape index (κ1) is 21.9. The highest BCUT2D eigenvalue weighted by molar-refractivity contribution is 5.91. The first-order valence-electron chi connectivity index (χ1n) is 12.8. The van der Waals surface area contributed by atoms with Crippen LogP contribution in [0.25, 0.3) is 10.9 Å². The number of ether oxygens (including phenoxy) is 2. The zero-order valence-corrected chi connectivity index (χ0v) is 20.0. The third kappa shape index (κ3) is 3.48. The van der Waals surface area contributed by atoms with Crippen molar-refractivity contribution in [1.82, 2.24) is 9.88 Å². The molecule has 4 aliphatic rings. The van der Waals surface area contributed by atoms with Gasteiger partial charge in [0.2, 0.25) is 0 Å². The molecule has 5 nitrogen and oxygen atoms in total. The molecule has 1 unspecified atom stereocenters. The third-order valence-corrected chi connectivity index (χ3v) is 8.38. The number of piperidine rings is 2. The number of carbonyl (C=O) groups excluding carboxylic acids is 1. The van der Waals surface area contributed by atoms with Crippen LogP contribution in [0.2, 0.25) is 0 Å². The Kier molecular flexibility index (Phi) is 5.70. The fourth-order valence-electron chi connectivity index (χ4n) is 7.23. The maximum Gasteiger partial charge on any atom is 0.319 e. The van der Waals surface area contributed by atoms with E-state index in [1.807, 2.05) is 13.0 Å². The van der Waals surface area contributed by atoms with Crippen LogP contribution >= 0.6 is 0 Å². The van der Waals surface area contributed by atoms with Crippen molar-refractivity contribution in [1.29, 1.82) is 0 Å². The second-order valence-electron chi connectivity index (χ2n) is 10.3. The highest BCUT2D eigenvalue weighted by atomic mass is 16.5. The highest BCUT2D eigenvalue weighted by Gasteiger charge is 2.63. The van der Waals surface area contributed by atoms with Crippen LogP contribution in [0.5, 0.6) is 0 Å². The summed E-state index contributed by atoms with van der Waals surface area (Å²) in [7, 11) is 0. The molecule has 4 heterocycles. The van der Waals surface area contributed by atoms with Crippen molar-refractivity contribution < 1.29 is 14.3 Å². The van der Waals surface area contributed by atoms with E-state index < -0.39 is 5.41 Å². The minimum absolute atomic E-state index is 0.0423. The van der Waals surface area contributed by atoms with Crippen molar-refractivity contribution in [2.75, 3.05) is 26.3 Å². The molecule has 0 radical (unpaired) electrons. The average Bonchev–Trinajstić information content (AvgIpc) is 3.20. The summed E-state index contributed by atoms with van der Waals surface area (Å²) in [6, 6.07) is 19.0. The van der Waals surface area contributed by atoms with Crippen LogP contribution in [0.4, 0.5) is 0 Å². The Morgan fingerprint density at radius 1 is 1.15 bits per heavy atom. The van der Waals surface area contributed by atoms with Crippen LogP contribution in [-0.4, -0.2) is 48.2 Å². The van der Waals surface area contributed by atoms with Gasteiger partial charge in [-0.3, -0.25) is 9.69 Å². The van der Waals surface area contributed by atoms with Crippen LogP contribution in [0.1, 0.15) is 43.0 Å². The molecule has 1 aromatic heterocycles. The number of aromatic amines is 1. The maximum atomic E-state index is 13.9. The van der Waals surface area contributed by atoms with E-state index in [2.05, 4.69) is 58.4 Å². The van der Waals surface area contributed by atoms with E-state index in [4.69, 9.17) is 9.47 Å². The van der Waals surface area contributed by atoms with E-state index in [1.165, 1.54) is 22.9 Å². The largest absolute Gasteiger partial charge is 0.465 e. The van der Waals surface area contributed by atoms with E-state index in [9.17, 15) is 4.79 Å². The molecule has 34 heavy (non-hydrogen) atoms. The average molecular weight is 459 g/mol. The van der Waals surface area contributed by atoms with Crippen molar-refractivity contribution in [3.8, 4) is 0 Å². The lowest BCUT2D eigenvalue weighted by Gasteiger charge is -2.58. The number of benzene rings is 2. The summed E-state index contributed by atoms with van der Waals surface area (Å²) in [5.74, 6) is 0.884. The van der Waals surface area contributed by atoms with Crippen LogP contribution < -0.4 is 0 Å². The number of nitrogens with zero attached hydrogens (tertiary/aromatic N) is 1. The lowest BCUT2D eigenvalue weighted by molar-refractivity contribution is -0.165. The standard InChI is InChI=1S/C29H34N2O3/c1-2-34-28(32)29-17-21-16-22(13-15-33-19-20-8-4-3-5-9-20)27(29)31(18-21)14-12-24-23-10-6-7-11-25(23)30-26(24)29/h3-11,21-22,27,30H,2,12-19H2,1H3/t21-,22+,27+,29-/m1/s1. The molecule has 3 aliphatic heterocycles. The molecule has 2 saturated heterocycles. The summed E-state index contributed by atoms with van der Waals surface area (Å²) in [6.45, 7) is 5.78. The van der Waals surface area contributed by atoms with Crippen molar-refractivity contribution in [3.63, 3.8) is 0 Å². The summed E-state index contributed by atoms with van der Waals surface area (Å²) in [5, 5.41) is 1.26. The summed E-state index contributed by atoms with van der Waals surface area (Å²) >= 11 is 0. The van der Waals surface area contributed by atoms with Crippen molar-refractivity contribution in [2.24, 2.45) is 11.8 Å². The smallest absolute Gasteiger partial charge is 0.319 e. The Morgan fingerprint density at radius 3 is 2.82 bits per heavy atom. The first-order valence-corrected chi connectivity index (χ1v) is 12.8. The van der Waals surface area contributed by atoms with E-state index >= 15 is 0 Å².